The molecule has 180 valence electrons. The average molecular weight is 479 g/mol. The maximum Gasteiger partial charge on any atom is 0.341 e. The van der Waals surface area contributed by atoms with E-state index in [1.165, 1.54) is 18.2 Å². The van der Waals surface area contributed by atoms with Crippen LogP contribution in [0.15, 0.2) is 54.6 Å². The number of hydrogen-bond acceptors (Lipinski definition) is 8. The van der Waals surface area contributed by atoms with Crippen molar-refractivity contribution in [3.05, 3.63) is 92.5 Å². The van der Waals surface area contributed by atoms with Crippen LogP contribution in [0.5, 0.6) is 17.2 Å². The maximum absolute atomic E-state index is 11.2. The molecule has 35 heavy (non-hydrogen) atoms. The van der Waals surface area contributed by atoms with Crippen molar-refractivity contribution < 1.29 is 38.6 Å². The fourth-order valence-corrected chi connectivity index (χ4v) is 3.18. The van der Waals surface area contributed by atoms with E-state index >= 15 is 0 Å². The second-order valence-electron chi connectivity index (χ2n) is 7.48. The standard InChI is InChI=1S/C25H21NO9/c1-16-2-3-21(9-19(16)11-27)33-13-17-6-18(8-23(7-17)35-15-25(29)30)14-34-22-4-5-24(26(31)32)20(10-22)12-28/h2-12H,13-15H2,1H3,(H,29,30). The van der Waals surface area contributed by atoms with Crippen LogP contribution in [0, 0.1) is 17.0 Å². The minimum absolute atomic E-state index is 0.00714. The summed E-state index contributed by atoms with van der Waals surface area (Å²) in [6.45, 7) is 1.38. The number of aryl methyl sites for hydroxylation is 1. The van der Waals surface area contributed by atoms with Gasteiger partial charge in [0.05, 0.1) is 10.5 Å². The van der Waals surface area contributed by atoms with Crippen LogP contribution in [0.4, 0.5) is 5.69 Å². The van der Waals surface area contributed by atoms with E-state index in [2.05, 4.69) is 0 Å². The highest BCUT2D eigenvalue weighted by molar-refractivity contribution is 5.82. The number of ether oxygens (including phenoxy) is 3. The topological polar surface area (TPSA) is 142 Å². The zero-order valence-corrected chi connectivity index (χ0v) is 18.6. The lowest BCUT2D eigenvalue weighted by Crippen LogP contribution is -2.10. The van der Waals surface area contributed by atoms with Crippen LogP contribution >= 0.6 is 0 Å². The molecule has 0 fully saturated rings. The van der Waals surface area contributed by atoms with Crippen molar-refractivity contribution in [1.29, 1.82) is 0 Å². The van der Waals surface area contributed by atoms with Crippen molar-refractivity contribution in [2.75, 3.05) is 6.61 Å². The summed E-state index contributed by atoms with van der Waals surface area (Å²) in [5.41, 5.74) is 2.14. The second-order valence-corrected chi connectivity index (χ2v) is 7.48. The Morgan fingerprint density at radius 3 is 1.97 bits per heavy atom. The van der Waals surface area contributed by atoms with E-state index in [4.69, 9.17) is 19.3 Å². The van der Waals surface area contributed by atoms with Crippen LogP contribution < -0.4 is 14.2 Å². The van der Waals surface area contributed by atoms with E-state index in [9.17, 15) is 24.5 Å². The Labute approximate surface area is 199 Å². The Morgan fingerprint density at radius 1 is 0.857 bits per heavy atom. The molecule has 0 saturated carbocycles. The molecule has 0 aliphatic rings. The molecule has 0 aromatic heterocycles. The average Bonchev–Trinajstić information content (AvgIpc) is 2.85. The van der Waals surface area contributed by atoms with Gasteiger partial charge in [0.1, 0.15) is 36.7 Å². The van der Waals surface area contributed by atoms with E-state index in [1.54, 1.807) is 36.4 Å². The van der Waals surface area contributed by atoms with Crippen molar-refractivity contribution in [2.45, 2.75) is 20.1 Å². The molecule has 0 aliphatic heterocycles. The quantitative estimate of drug-likeness (QED) is 0.230. The number of carboxylic acids is 1. The van der Waals surface area contributed by atoms with Gasteiger partial charge >= 0.3 is 5.97 Å². The first-order valence-electron chi connectivity index (χ1n) is 10.3. The maximum atomic E-state index is 11.2. The summed E-state index contributed by atoms with van der Waals surface area (Å²) in [5, 5.41) is 19.9. The number of aliphatic carboxylic acids is 1. The van der Waals surface area contributed by atoms with Gasteiger partial charge in [-0.3, -0.25) is 19.7 Å². The van der Waals surface area contributed by atoms with Gasteiger partial charge in [-0.15, -0.1) is 0 Å². The lowest BCUT2D eigenvalue weighted by Gasteiger charge is -2.13. The molecule has 0 aliphatic carbocycles. The van der Waals surface area contributed by atoms with Crippen molar-refractivity contribution in [3.63, 3.8) is 0 Å². The first kappa shape index (κ1) is 24.9. The van der Waals surface area contributed by atoms with Crippen molar-refractivity contribution in [1.82, 2.24) is 0 Å². The second kappa shape index (κ2) is 11.4. The third kappa shape index (κ3) is 6.87. The van der Waals surface area contributed by atoms with E-state index in [1.807, 2.05) is 6.92 Å². The Balaban J connectivity index is 1.78. The normalized spacial score (nSPS) is 10.3. The van der Waals surface area contributed by atoms with Gasteiger partial charge in [0.2, 0.25) is 0 Å². The van der Waals surface area contributed by atoms with Crippen molar-refractivity contribution in [2.24, 2.45) is 0 Å². The highest BCUT2D eigenvalue weighted by Crippen LogP contribution is 2.25. The van der Waals surface area contributed by atoms with Gasteiger partial charge in [0, 0.05) is 11.6 Å². The van der Waals surface area contributed by atoms with Crippen molar-refractivity contribution in [3.8, 4) is 17.2 Å². The monoisotopic (exact) mass is 479 g/mol. The summed E-state index contributed by atoms with van der Waals surface area (Å²) < 4.78 is 16.8. The number of carbonyl (C=O) groups excluding carboxylic acids is 2. The molecule has 0 atom stereocenters. The van der Waals surface area contributed by atoms with Crippen LogP contribution in [-0.4, -0.2) is 35.2 Å². The first-order chi connectivity index (χ1) is 16.8. The molecule has 0 bridgehead atoms. The fourth-order valence-electron chi connectivity index (χ4n) is 3.18. The van der Waals surface area contributed by atoms with Gasteiger partial charge in [-0.25, -0.2) is 4.79 Å². The number of nitro benzene ring substituents is 1. The molecule has 0 saturated heterocycles. The minimum Gasteiger partial charge on any atom is -0.489 e. The molecule has 0 heterocycles. The summed E-state index contributed by atoms with van der Waals surface area (Å²) in [5.74, 6) is -0.132. The Kier molecular flexibility index (Phi) is 8.12. The van der Waals surface area contributed by atoms with E-state index in [-0.39, 0.29) is 36.0 Å². The smallest absolute Gasteiger partial charge is 0.341 e. The summed E-state index contributed by atoms with van der Waals surface area (Å²) in [6, 6.07) is 13.9. The lowest BCUT2D eigenvalue weighted by atomic mass is 10.1. The molecule has 0 unspecified atom stereocenters. The molecule has 3 rings (SSSR count). The fraction of sp³-hybridized carbons (Fsp3) is 0.160. The molecule has 0 amide bonds. The molecule has 1 N–H and O–H groups in total. The summed E-state index contributed by atoms with van der Waals surface area (Å²) in [4.78, 5) is 43.6. The SMILES string of the molecule is Cc1ccc(OCc2cc(COc3ccc([N+](=O)[O-])c(C=O)c3)cc(OCC(=O)O)c2)cc1C=O. The zero-order valence-electron chi connectivity index (χ0n) is 18.6. The summed E-state index contributed by atoms with van der Waals surface area (Å²) in [7, 11) is 0. The van der Waals surface area contributed by atoms with Crippen LogP contribution in [0.1, 0.15) is 37.4 Å². The molecule has 3 aromatic carbocycles. The van der Waals surface area contributed by atoms with Crippen LogP contribution in [0.3, 0.4) is 0 Å². The van der Waals surface area contributed by atoms with Gasteiger partial charge in [-0.1, -0.05) is 6.07 Å². The van der Waals surface area contributed by atoms with Gasteiger partial charge < -0.3 is 19.3 Å². The predicted octanol–water partition coefficient (Wildman–Crippen LogP) is 4.15. The number of nitro groups is 1. The van der Waals surface area contributed by atoms with Gasteiger partial charge in [-0.05, 0) is 66.1 Å². The molecule has 10 heteroatoms. The van der Waals surface area contributed by atoms with E-state index in [0.29, 0.717) is 28.7 Å². The number of nitrogens with zero attached hydrogens (tertiary/aromatic N) is 1. The third-order valence-corrected chi connectivity index (χ3v) is 4.90. The molecular weight excluding hydrogens is 458 g/mol. The molecule has 10 nitrogen and oxygen atoms in total. The van der Waals surface area contributed by atoms with Crippen LogP contribution in [-0.2, 0) is 18.0 Å². The summed E-state index contributed by atoms with van der Waals surface area (Å²) in [6.07, 6.45) is 1.12. The van der Waals surface area contributed by atoms with Crippen LogP contribution in [0.25, 0.3) is 0 Å². The van der Waals surface area contributed by atoms with Gasteiger partial charge in [-0.2, -0.15) is 0 Å². The molecular formula is C25H21NO9. The third-order valence-electron chi connectivity index (χ3n) is 4.90. The highest BCUT2D eigenvalue weighted by atomic mass is 16.6. The molecule has 3 aromatic rings. The molecule has 0 spiro atoms. The highest BCUT2D eigenvalue weighted by Gasteiger charge is 2.14. The Morgan fingerprint density at radius 2 is 1.43 bits per heavy atom. The first-order valence-corrected chi connectivity index (χ1v) is 10.3. The van der Waals surface area contributed by atoms with Gasteiger partial charge in [0.15, 0.2) is 12.9 Å². The summed E-state index contributed by atoms with van der Waals surface area (Å²) >= 11 is 0. The minimum atomic E-state index is -1.14. The number of aldehydes is 2. The number of rotatable bonds is 12. The number of hydrogen-bond donors (Lipinski definition) is 1. The largest absolute Gasteiger partial charge is 0.489 e. The Bertz CT molecular complexity index is 1270. The van der Waals surface area contributed by atoms with Gasteiger partial charge in [0.25, 0.3) is 5.69 Å². The number of carboxylic acid groups (broad SMARTS) is 1. The van der Waals surface area contributed by atoms with E-state index in [0.717, 1.165) is 11.8 Å². The number of benzene rings is 3. The lowest BCUT2D eigenvalue weighted by molar-refractivity contribution is -0.385. The van der Waals surface area contributed by atoms with Crippen molar-refractivity contribution >= 4 is 24.2 Å². The predicted molar refractivity (Wildman–Crippen MR) is 123 cm³/mol. The Hall–Kier alpha value is -4.73. The number of carbonyl (C=O) groups is 3. The molecule has 0 radical (unpaired) electrons. The zero-order chi connectivity index (χ0) is 25.4. The van der Waals surface area contributed by atoms with Crippen LogP contribution in [0.2, 0.25) is 0 Å². The van der Waals surface area contributed by atoms with E-state index < -0.39 is 17.5 Å².